The maximum absolute atomic E-state index is 5.88. The minimum absolute atomic E-state index is 0.372. The number of ether oxygens (including phenoxy) is 2. The smallest absolute Gasteiger partial charge is 0.191 e. The van der Waals surface area contributed by atoms with Gasteiger partial charge in [0, 0.05) is 37.8 Å². The predicted octanol–water partition coefficient (Wildman–Crippen LogP) is 2.40. The Labute approximate surface area is 149 Å². The normalized spacial score (nSPS) is 16.4. The van der Waals surface area contributed by atoms with Gasteiger partial charge in [-0.25, -0.2) is 9.98 Å². The number of aromatic nitrogens is 1. The first-order valence-electron chi connectivity index (χ1n) is 8.83. The van der Waals surface area contributed by atoms with Crippen molar-refractivity contribution in [2.24, 2.45) is 4.99 Å². The van der Waals surface area contributed by atoms with Crippen molar-refractivity contribution in [2.45, 2.75) is 52.7 Å². The third-order valence-electron chi connectivity index (χ3n) is 3.92. The minimum atomic E-state index is 0.372. The summed E-state index contributed by atoms with van der Waals surface area (Å²) in [6, 6.07) is 0. The van der Waals surface area contributed by atoms with Crippen LogP contribution in [-0.2, 0) is 16.0 Å². The Morgan fingerprint density at radius 2 is 2.12 bits per heavy atom. The summed E-state index contributed by atoms with van der Waals surface area (Å²) in [7, 11) is 0. The molecule has 2 rings (SSSR count). The molecule has 0 saturated carbocycles. The number of thiazole rings is 1. The molecule has 2 N–H and O–H groups in total. The Kier molecular flexibility index (Phi) is 8.49. The second kappa shape index (κ2) is 10.6. The van der Waals surface area contributed by atoms with Gasteiger partial charge in [-0.2, -0.15) is 0 Å². The molecule has 7 heteroatoms. The zero-order valence-electron chi connectivity index (χ0n) is 15.1. The largest absolute Gasteiger partial charge is 0.381 e. The van der Waals surface area contributed by atoms with Crippen LogP contribution in [0, 0.1) is 13.8 Å². The molecule has 0 amide bonds. The molecule has 2 heterocycles. The molecule has 1 aliphatic rings. The molecule has 0 bridgehead atoms. The predicted molar refractivity (Wildman–Crippen MR) is 98.8 cm³/mol. The summed E-state index contributed by atoms with van der Waals surface area (Å²) in [6.45, 7) is 11.0. The molecular formula is C17H30N4O2S. The zero-order chi connectivity index (χ0) is 17.2. The molecule has 1 aromatic rings. The average Bonchev–Trinajstić information content (AvgIpc) is 2.91. The zero-order valence-corrected chi connectivity index (χ0v) is 15.9. The Balaban J connectivity index is 1.67. The maximum atomic E-state index is 5.88. The Morgan fingerprint density at radius 1 is 1.33 bits per heavy atom. The fourth-order valence-electron chi connectivity index (χ4n) is 2.47. The molecule has 0 aromatic carbocycles. The molecule has 0 unspecified atom stereocenters. The fraction of sp³-hybridized carbons (Fsp3) is 0.765. The molecule has 0 aliphatic carbocycles. The Bertz CT molecular complexity index is 493. The van der Waals surface area contributed by atoms with Crippen LogP contribution in [0.25, 0.3) is 0 Å². The maximum Gasteiger partial charge on any atom is 0.191 e. The monoisotopic (exact) mass is 354 g/mol. The van der Waals surface area contributed by atoms with Crippen LogP contribution in [0.2, 0.25) is 0 Å². The highest BCUT2D eigenvalue weighted by atomic mass is 32.1. The van der Waals surface area contributed by atoms with Gasteiger partial charge in [0.1, 0.15) is 5.01 Å². The van der Waals surface area contributed by atoms with Crippen LogP contribution < -0.4 is 10.6 Å². The molecule has 1 aliphatic heterocycles. The number of aryl methyl sites for hydroxylation is 2. The molecule has 0 atom stereocenters. The number of aliphatic imine (C=N–C) groups is 1. The first-order chi connectivity index (χ1) is 11.7. The van der Waals surface area contributed by atoms with Crippen molar-refractivity contribution in [2.75, 3.05) is 32.9 Å². The number of rotatable bonds is 8. The average molecular weight is 355 g/mol. The van der Waals surface area contributed by atoms with Gasteiger partial charge in [-0.15, -0.1) is 11.3 Å². The first-order valence-corrected chi connectivity index (χ1v) is 9.65. The Morgan fingerprint density at radius 3 is 2.79 bits per heavy atom. The third-order valence-corrected chi connectivity index (χ3v) is 4.98. The first kappa shape index (κ1) is 19.1. The fourth-order valence-corrected chi connectivity index (χ4v) is 3.33. The van der Waals surface area contributed by atoms with E-state index in [-0.39, 0.29) is 0 Å². The summed E-state index contributed by atoms with van der Waals surface area (Å²) in [4.78, 5) is 10.4. The van der Waals surface area contributed by atoms with Gasteiger partial charge in [-0.05, 0) is 40.0 Å². The van der Waals surface area contributed by atoms with Crippen LogP contribution in [0.1, 0.15) is 41.8 Å². The molecule has 136 valence electrons. The van der Waals surface area contributed by atoms with E-state index < -0.39 is 0 Å². The van der Waals surface area contributed by atoms with E-state index in [2.05, 4.69) is 34.5 Å². The van der Waals surface area contributed by atoms with Crippen molar-refractivity contribution in [3.63, 3.8) is 0 Å². The SMILES string of the molecule is CCNC(=NCc1nc(C)c(C)s1)NCCCOC1CCOCC1. The molecule has 0 radical (unpaired) electrons. The minimum Gasteiger partial charge on any atom is -0.381 e. The summed E-state index contributed by atoms with van der Waals surface area (Å²) in [5.74, 6) is 0.842. The number of hydrogen-bond acceptors (Lipinski definition) is 5. The van der Waals surface area contributed by atoms with Crippen LogP contribution >= 0.6 is 11.3 Å². The van der Waals surface area contributed by atoms with E-state index >= 15 is 0 Å². The topological polar surface area (TPSA) is 67.8 Å². The lowest BCUT2D eigenvalue weighted by Crippen LogP contribution is -2.38. The van der Waals surface area contributed by atoms with Crippen molar-refractivity contribution >= 4 is 17.3 Å². The molecule has 1 saturated heterocycles. The second-order valence-corrected chi connectivity index (χ2v) is 7.19. The number of hydrogen-bond donors (Lipinski definition) is 2. The Hall–Kier alpha value is -1.18. The van der Waals surface area contributed by atoms with E-state index in [1.54, 1.807) is 11.3 Å². The van der Waals surface area contributed by atoms with Gasteiger partial charge in [-0.3, -0.25) is 0 Å². The van der Waals surface area contributed by atoms with Crippen molar-refractivity contribution in [1.29, 1.82) is 0 Å². The van der Waals surface area contributed by atoms with Crippen LogP contribution in [0.4, 0.5) is 0 Å². The summed E-state index contributed by atoms with van der Waals surface area (Å²) < 4.78 is 11.2. The van der Waals surface area contributed by atoms with Crippen LogP contribution in [0.5, 0.6) is 0 Å². The van der Waals surface area contributed by atoms with Gasteiger partial charge in [0.2, 0.25) is 0 Å². The van der Waals surface area contributed by atoms with Gasteiger partial charge in [0.25, 0.3) is 0 Å². The molecule has 6 nitrogen and oxygen atoms in total. The van der Waals surface area contributed by atoms with Crippen molar-refractivity contribution in [1.82, 2.24) is 15.6 Å². The van der Waals surface area contributed by atoms with Gasteiger partial charge < -0.3 is 20.1 Å². The quantitative estimate of drug-likeness (QED) is 0.426. The van der Waals surface area contributed by atoms with Gasteiger partial charge in [-0.1, -0.05) is 0 Å². The lowest BCUT2D eigenvalue weighted by atomic mass is 10.1. The van der Waals surface area contributed by atoms with E-state index in [0.29, 0.717) is 12.6 Å². The van der Waals surface area contributed by atoms with Crippen molar-refractivity contribution < 1.29 is 9.47 Å². The van der Waals surface area contributed by atoms with Crippen LogP contribution in [-0.4, -0.2) is 50.0 Å². The standard InChI is InChI=1S/C17H30N4O2S/c1-4-18-17(20-12-16-21-13(2)14(3)24-16)19-8-5-9-23-15-6-10-22-11-7-15/h15H,4-12H2,1-3H3,(H2,18,19,20). The van der Waals surface area contributed by atoms with E-state index in [4.69, 9.17) is 9.47 Å². The highest BCUT2D eigenvalue weighted by Crippen LogP contribution is 2.16. The lowest BCUT2D eigenvalue weighted by Gasteiger charge is -2.22. The lowest BCUT2D eigenvalue weighted by molar-refractivity contribution is -0.0320. The summed E-state index contributed by atoms with van der Waals surface area (Å²) in [6.07, 6.45) is 3.38. The molecule has 0 spiro atoms. The molecule has 24 heavy (non-hydrogen) atoms. The highest BCUT2D eigenvalue weighted by Gasteiger charge is 2.13. The number of guanidine groups is 1. The van der Waals surface area contributed by atoms with Gasteiger partial charge in [0.15, 0.2) is 5.96 Å². The third kappa shape index (κ3) is 6.75. The van der Waals surface area contributed by atoms with Crippen LogP contribution in [0.3, 0.4) is 0 Å². The summed E-state index contributed by atoms with van der Waals surface area (Å²) in [5, 5.41) is 7.69. The van der Waals surface area contributed by atoms with E-state index in [0.717, 1.165) is 68.8 Å². The van der Waals surface area contributed by atoms with E-state index in [9.17, 15) is 0 Å². The van der Waals surface area contributed by atoms with Gasteiger partial charge in [0.05, 0.1) is 18.3 Å². The van der Waals surface area contributed by atoms with Crippen molar-refractivity contribution in [3.8, 4) is 0 Å². The summed E-state index contributed by atoms with van der Waals surface area (Å²) in [5.41, 5.74) is 1.11. The number of nitrogens with zero attached hydrogens (tertiary/aromatic N) is 2. The van der Waals surface area contributed by atoms with Gasteiger partial charge >= 0.3 is 0 Å². The van der Waals surface area contributed by atoms with Crippen molar-refractivity contribution in [3.05, 3.63) is 15.6 Å². The van der Waals surface area contributed by atoms with Crippen LogP contribution in [0.15, 0.2) is 4.99 Å². The number of nitrogens with one attached hydrogen (secondary N) is 2. The second-order valence-electron chi connectivity index (χ2n) is 5.91. The molecular weight excluding hydrogens is 324 g/mol. The van der Waals surface area contributed by atoms with E-state index in [1.807, 2.05) is 6.92 Å². The highest BCUT2D eigenvalue weighted by molar-refractivity contribution is 7.11. The molecule has 1 fully saturated rings. The van der Waals surface area contributed by atoms with E-state index in [1.165, 1.54) is 4.88 Å². The summed E-state index contributed by atoms with van der Waals surface area (Å²) >= 11 is 1.72. The molecule has 1 aromatic heterocycles.